The van der Waals surface area contributed by atoms with Gasteiger partial charge in [0.1, 0.15) is 5.52 Å². The fourth-order valence-electron chi connectivity index (χ4n) is 2.11. The van der Waals surface area contributed by atoms with Gasteiger partial charge in [0.2, 0.25) is 0 Å². The quantitative estimate of drug-likeness (QED) is 0.797. The molecule has 0 aliphatic carbocycles. The first-order valence-corrected chi connectivity index (χ1v) is 6.74. The number of nitrogens with one attached hydrogen (secondary N) is 1. The molecule has 1 heterocycles. The van der Waals surface area contributed by atoms with Gasteiger partial charge in [-0.2, -0.15) is 0 Å². The van der Waals surface area contributed by atoms with Gasteiger partial charge in [-0.15, -0.1) is 5.10 Å². The monoisotopic (exact) mass is 246 g/mol. The molecule has 1 aromatic heterocycles. The summed E-state index contributed by atoms with van der Waals surface area (Å²) in [5.74, 6) is 0.529. The van der Waals surface area contributed by atoms with Gasteiger partial charge in [-0.1, -0.05) is 31.2 Å². The minimum Gasteiger partial charge on any atom is -0.316 e. The number of rotatable bonds is 6. The first-order chi connectivity index (χ1) is 8.74. The van der Waals surface area contributed by atoms with E-state index < -0.39 is 0 Å². The maximum atomic E-state index is 4.28. The van der Waals surface area contributed by atoms with E-state index in [1.54, 1.807) is 0 Å². The molecule has 1 N–H and O–H groups in total. The molecule has 2 rings (SSSR count). The first kappa shape index (κ1) is 13.0. The van der Waals surface area contributed by atoms with E-state index in [0.29, 0.717) is 12.0 Å². The molecular weight excluding hydrogens is 224 g/mol. The van der Waals surface area contributed by atoms with Crippen molar-refractivity contribution in [2.75, 3.05) is 13.1 Å². The van der Waals surface area contributed by atoms with Gasteiger partial charge >= 0.3 is 0 Å². The van der Waals surface area contributed by atoms with Crippen molar-refractivity contribution in [2.45, 2.75) is 33.2 Å². The summed E-state index contributed by atoms with van der Waals surface area (Å²) in [4.78, 5) is 0. The Morgan fingerprint density at radius 3 is 2.83 bits per heavy atom. The van der Waals surface area contributed by atoms with Crippen LogP contribution in [0.15, 0.2) is 24.3 Å². The Morgan fingerprint density at radius 1 is 1.28 bits per heavy atom. The van der Waals surface area contributed by atoms with Gasteiger partial charge in [0.25, 0.3) is 0 Å². The fourth-order valence-corrected chi connectivity index (χ4v) is 2.11. The van der Waals surface area contributed by atoms with E-state index >= 15 is 0 Å². The van der Waals surface area contributed by atoms with Crippen LogP contribution in [-0.4, -0.2) is 28.1 Å². The van der Waals surface area contributed by atoms with Gasteiger partial charge in [0.15, 0.2) is 0 Å². The van der Waals surface area contributed by atoms with Crippen LogP contribution in [0.1, 0.15) is 33.2 Å². The molecule has 0 saturated carbocycles. The van der Waals surface area contributed by atoms with Gasteiger partial charge in [0, 0.05) is 0 Å². The molecule has 2 aromatic rings. The lowest BCUT2D eigenvalue weighted by atomic mass is 10.0. The van der Waals surface area contributed by atoms with E-state index in [2.05, 4.69) is 42.5 Å². The van der Waals surface area contributed by atoms with Gasteiger partial charge in [-0.05, 0) is 44.5 Å². The lowest BCUT2D eigenvalue weighted by Gasteiger charge is -2.20. The minimum absolute atomic E-state index is 0.349. The molecule has 0 aliphatic rings. The lowest BCUT2D eigenvalue weighted by molar-refractivity contribution is 0.339. The Kier molecular flexibility index (Phi) is 4.31. The van der Waals surface area contributed by atoms with Crippen molar-refractivity contribution in [3.63, 3.8) is 0 Å². The predicted molar refractivity (Wildman–Crippen MR) is 74.6 cm³/mol. The summed E-state index contributed by atoms with van der Waals surface area (Å²) in [5, 5.41) is 12.0. The van der Waals surface area contributed by atoms with Gasteiger partial charge in [-0.25, -0.2) is 4.68 Å². The average molecular weight is 246 g/mol. The lowest BCUT2D eigenvalue weighted by Crippen LogP contribution is -2.27. The molecule has 0 aliphatic heterocycles. The highest BCUT2D eigenvalue weighted by Crippen LogP contribution is 2.20. The van der Waals surface area contributed by atoms with E-state index in [-0.39, 0.29) is 0 Å². The topological polar surface area (TPSA) is 42.7 Å². The summed E-state index contributed by atoms with van der Waals surface area (Å²) in [6.45, 7) is 8.74. The summed E-state index contributed by atoms with van der Waals surface area (Å²) in [6, 6.07) is 8.47. The normalized spacial score (nSPS) is 14.8. The SMILES string of the molecule is CCCNCC(C)C(C)n1nnc2ccccc21. The second kappa shape index (κ2) is 5.96. The van der Waals surface area contributed by atoms with Crippen LogP contribution in [0.25, 0.3) is 11.0 Å². The second-order valence-electron chi connectivity index (χ2n) is 4.94. The van der Waals surface area contributed by atoms with Crippen LogP contribution in [-0.2, 0) is 0 Å². The number of para-hydroxylation sites is 1. The second-order valence-corrected chi connectivity index (χ2v) is 4.94. The van der Waals surface area contributed by atoms with Crippen LogP contribution in [0, 0.1) is 5.92 Å². The minimum atomic E-state index is 0.349. The molecule has 0 radical (unpaired) electrons. The molecular formula is C14H22N4. The predicted octanol–water partition coefficient (Wildman–Crippen LogP) is 2.63. The van der Waals surface area contributed by atoms with Crippen LogP contribution in [0.4, 0.5) is 0 Å². The Hall–Kier alpha value is -1.42. The van der Waals surface area contributed by atoms with E-state index in [1.165, 1.54) is 6.42 Å². The zero-order valence-corrected chi connectivity index (χ0v) is 11.4. The van der Waals surface area contributed by atoms with Crippen LogP contribution in [0.3, 0.4) is 0 Å². The van der Waals surface area contributed by atoms with E-state index in [9.17, 15) is 0 Å². The molecule has 18 heavy (non-hydrogen) atoms. The highest BCUT2D eigenvalue weighted by molar-refractivity contribution is 5.73. The maximum Gasteiger partial charge on any atom is 0.113 e. The van der Waals surface area contributed by atoms with Crippen molar-refractivity contribution >= 4 is 11.0 Å². The standard InChI is InChI=1S/C14H22N4/c1-4-9-15-10-11(2)12(3)18-14-8-6-5-7-13(14)16-17-18/h5-8,11-12,15H,4,9-10H2,1-3H3. The zero-order chi connectivity index (χ0) is 13.0. The van der Waals surface area contributed by atoms with Crippen molar-refractivity contribution in [1.29, 1.82) is 0 Å². The number of hydrogen-bond acceptors (Lipinski definition) is 3. The van der Waals surface area contributed by atoms with Crippen molar-refractivity contribution < 1.29 is 0 Å². The third-order valence-electron chi connectivity index (χ3n) is 3.48. The van der Waals surface area contributed by atoms with Crippen LogP contribution < -0.4 is 5.32 Å². The summed E-state index contributed by atoms with van der Waals surface area (Å²) in [7, 11) is 0. The van der Waals surface area contributed by atoms with Crippen molar-refractivity contribution in [2.24, 2.45) is 5.92 Å². The Bertz CT molecular complexity index is 491. The molecule has 1 aromatic carbocycles. The van der Waals surface area contributed by atoms with Crippen molar-refractivity contribution in [3.05, 3.63) is 24.3 Å². The number of aromatic nitrogens is 3. The van der Waals surface area contributed by atoms with Crippen molar-refractivity contribution in [3.8, 4) is 0 Å². The highest BCUT2D eigenvalue weighted by Gasteiger charge is 2.17. The summed E-state index contributed by atoms with van der Waals surface area (Å²) < 4.78 is 2.04. The molecule has 0 saturated heterocycles. The number of nitrogens with zero attached hydrogens (tertiary/aromatic N) is 3. The van der Waals surface area contributed by atoms with Crippen molar-refractivity contribution in [1.82, 2.24) is 20.3 Å². The van der Waals surface area contributed by atoms with Gasteiger partial charge in [0.05, 0.1) is 11.6 Å². The molecule has 4 heteroatoms. The molecule has 2 atom stereocenters. The third-order valence-corrected chi connectivity index (χ3v) is 3.48. The average Bonchev–Trinajstić information content (AvgIpc) is 2.82. The number of hydrogen-bond donors (Lipinski definition) is 1. The third kappa shape index (κ3) is 2.70. The molecule has 0 bridgehead atoms. The first-order valence-electron chi connectivity index (χ1n) is 6.74. The summed E-state index contributed by atoms with van der Waals surface area (Å²) in [5.41, 5.74) is 2.09. The number of benzene rings is 1. The maximum absolute atomic E-state index is 4.28. The molecule has 0 amide bonds. The Labute approximate surface area is 108 Å². The highest BCUT2D eigenvalue weighted by atomic mass is 15.4. The molecule has 2 unspecified atom stereocenters. The largest absolute Gasteiger partial charge is 0.316 e. The summed E-state index contributed by atoms with van der Waals surface area (Å²) in [6.07, 6.45) is 1.17. The fraction of sp³-hybridized carbons (Fsp3) is 0.571. The van der Waals surface area contributed by atoms with Crippen LogP contribution in [0.2, 0.25) is 0 Å². The van der Waals surface area contributed by atoms with E-state index in [0.717, 1.165) is 24.1 Å². The smallest absolute Gasteiger partial charge is 0.113 e. The van der Waals surface area contributed by atoms with Gasteiger partial charge in [-0.3, -0.25) is 0 Å². The number of fused-ring (bicyclic) bond motifs is 1. The van der Waals surface area contributed by atoms with E-state index in [1.807, 2.05) is 22.9 Å². The molecule has 0 fully saturated rings. The van der Waals surface area contributed by atoms with Gasteiger partial charge < -0.3 is 5.32 Å². The molecule has 4 nitrogen and oxygen atoms in total. The molecule has 0 spiro atoms. The Balaban J connectivity index is 2.10. The summed E-state index contributed by atoms with van der Waals surface area (Å²) >= 11 is 0. The van der Waals surface area contributed by atoms with E-state index in [4.69, 9.17) is 0 Å². The van der Waals surface area contributed by atoms with Crippen LogP contribution in [0.5, 0.6) is 0 Å². The molecule has 98 valence electrons. The zero-order valence-electron chi connectivity index (χ0n) is 11.4. The van der Waals surface area contributed by atoms with Crippen LogP contribution >= 0.6 is 0 Å². The Morgan fingerprint density at radius 2 is 2.06 bits per heavy atom.